The highest BCUT2D eigenvalue weighted by molar-refractivity contribution is 5.35. The van der Waals surface area contributed by atoms with Crippen LogP contribution < -0.4 is 15.4 Å². The SMILES string of the molecule is CNCC(O)c1ccc(Oc2ccc(C(O)CNC)cc2)cc1. The van der Waals surface area contributed by atoms with Gasteiger partial charge < -0.3 is 25.6 Å². The van der Waals surface area contributed by atoms with Gasteiger partial charge in [-0.05, 0) is 49.5 Å². The smallest absolute Gasteiger partial charge is 0.127 e. The molecule has 2 aromatic carbocycles. The normalized spacial score (nSPS) is 13.6. The summed E-state index contributed by atoms with van der Waals surface area (Å²) in [5.74, 6) is 1.41. The Hall–Kier alpha value is -1.92. The van der Waals surface area contributed by atoms with Crippen LogP contribution in [0.1, 0.15) is 23.3 Å². The Labute approximate surface area is 136 Å². The molecule has 0 aliphatic rings. The standard InChI is InChI=1S/C18H24N2O3/c1-19-11-17(21)13-3-7-15(8-4-13)23-16-9-5-14(6-10-16)18(22)12-20-2/h3-10,17-22H,11-12H2,1-2H3. The lowest BCUT2D eigenvalue weighted by Crippen LogP contribution is -2.16. The number of aliphatic hydroxyl groups is 2. The third kappa shape index (κ3) is 5.04. The van der Waals surface area contributed by atoms with Crippen molar-refractivity contribution in [3.05, 3.63) is 59.7 Å². The first kappa shape index (κ1) is 17.4. The minimum Gasteiger partial charge on any atom is -0.457 e. The van der Waals surface area contributed by atoms with Gasteiger partial charge in [0.05, 0.1) is 12.2 Å². The molecule has 0 radical (unpaired) electrons. The van der Waals surface area contributed by atoms with Crippen LogP contribution in [0.4, 0.5) is 0 Å². The number of likely N-dealkylation sites (N-methyl/N-ethyl adjacent to an activating group) is 2. The maximum absolute atomic E-state index is 9.90. The van der Waals surface area contributed by atoms with E-state index in [2.05, 4.69) is 10.6 Å². The fraction of sp³-hybridized carbons (Fsp3) is 0.333. The van der Waals surface area contributed by atoms with Gasteiger partial charge in [0.25, 0.3) is 0 Å². The topological polar surface area (TPSA) is 73.8 Å². The summed E-state index contributed by atoms with van der Waals surface area (Å²) >= 11 is 0. The van der Waals surface area contributed by atoms with Crippen molar-refractivity contribution in [2.75, 3.05) is 27.2 Å². The van der Waals surface area contributed by atoms with E-state index in [0.29, 0.717) is 24.6 Å². The molecule has 124 valence electrons. The van der Waals surface area contributed by atoms with Gasteiger partial charge in [-0.25, -0.2) is 0 Å². The monoisotopic (exact) mass is 316 g/mol. The molecule has 2 atom stereocenters. The summed E-state index contributed by atoms with van der Waals surface area (Å²) in [5, 5.41) is 25.7. The average Bonchev–Trinajstić information content (AvgIpc) is 2.56. The van der Waals surface area contributed by atoms with Crippen molar-refractivity contribution in [1.82, 2.24) is 10.6 Å². The molecule has 0 aromatic heterocycles. The lowest BCUT2D eigenvalue weighted by Gasteiger charge is -2.13. The Morgan fingerprint density at radius 1 is 0.739 bits per heavy atom. The van der Waals surface area contributed by atoms with Gasteiger partial charge in [-0.15, -0.1) is 0 Å². The van der Waals surface area contributed by atoms with Crippen molar-refractivity contribution in [2.45, 2.75) is 12.2 Å². The lowest BCUT2D eigenvalue weighted by atomic mass is 10.1. The molecule has 5 heteroatoms. The minimum atomic E-state index is -0.526. The zero-order valence-electron chi connectivity index (χ0n) is 13.5. The third-order valence-corrected chi connectivity index (χ3v) is 3.56. The van der Waals surface area contributed by atoms with Crippen LogP contribution in [0.5, 0.6) is 11.5 Å². The van der Waals surface area contributed by atoms with Crippen LogP contribution in [0.15, 0.2) is 48.5 Å². The molecule has 0 bridgehead atoms. The van der Waals surface area contributed by atoms with Crippen molar-refractivity contribution in [1.29, 1.82) is 0 Å². The van der Waals surface area contributed by atoms with Crippen LogP contribution in [0.3, 0.4) is 0 Å². The molecule has 0 saturated carbocycles. The number of aliphatic hydroxyl groups excluding tert-OH is 2. The van der Waals surface area contributed by atoms with Crippen molar-refractivity contribution in [2.24, 2.45) is 0 Å². The Morgan fingerprint density at radius 2 is 1.09 bits per heavy atom. The molecule has 0 amide bonds. The summed E-state index contributed by atoms with van der Waals surface area (Å²) < 4.78 is 5.77. The zero-order valence-corrected chi connectivity index (χ0v) is 13.5. The third-order valence-electron chi connectivity index (χ3n) is 3.56. The van der Waals surface area contributed by atoms with Gasteiger partial charge in [-0.3, -0.25) is 0 Å². The first-order valence-corrected chi connectivity index (χ1v) is 7.67. The summed E-state index contributed by atoms with van der Waals surface area (Å²) in [7, 11) is 3.61. The second kappa shape index (κ2) is 8.64. The quantitative estimate of drug-likeness (QED) is 0.599. The molecule has 4 N–H and O–H groups in total. The molecule has 0 heterocycles. The Kier molecular flexibility index (Phi) is 6.55. The molecule has 0 spiro atoms. The van der Waals surface area contributed by atoms with E-state index in [1.54, 1.807) is 14.1 Å². The Morgan fingerprint density at radius 3 is 1.39 bits per heavy atom. The largest absolute Gasteiger partial charge is 0.457 e. The molecule has 2 rings (SSSR count). The van der Waals surface area contributed by atoms with Gasteiger partial charge in [-0.1, -0.05) is 24.3 Å². The number of ether oxygens (including phenoxy) is 1. The highest BCUT2D eigenvalue weighted by Gasteiger charge is 2.08. The van der Waals surface area contributed by atoms with E-state index < -0.39 is 12.2 Å². The minimum absolute atomic E-state index is 0.511. The molecule has 2 aromatic rings. The highest BCUT2D eigenvalue weighted by atomic mass is 16.5. The summed E-state index contributed by atoms with van der Waals surface area (Å²) in [5.41, 5.74) is 1.69. The second-order valence-corrected chi connectivity index (χ2v) is 5.39. The number of hydrogen-bond donors (Lipinski definition) is 4. The second-order valence-electron chi connectivity index (χ2n) is 5.39. The van der Waals surface area contributed by atoms with Crippen molar-refractivity contribution in [3.8, 4) is 11.5 Å². The maximum atomic E-state index is 9.90. The first-order valence-electron chi connectivity index (χ1n) is 7.67. The molecular weight excluding hydrogens is 292 g/mol. The fourth-order valence-electron chi connectivity index (χ4n) is 2.27. The van der Waals surface area contributed by atoms with E-state index in [1.807, 2.05) is 48.5 Å². The van der Waals surface area contributed by atoms with Gasteiger partial charge in [0.15, 0.2) is 0 Å². The summed E-state index contributed by atoms with van der Waals surface area (Å²) in [6.45, 7) is 1.02. The van der Waals surface area contributed by atoms with E-state index in [4.69, 9.17) is 4.74 Å². The number of hydrogen-bond acceptors (Lipinski definition) is 5. The maximum Gasteiger partial charge on any atom is 0.127 e. The first-order chi connectivity index (χ1) is 11.1. The van der Waals surface area contributed by atoms with E-state index in [0.717, 1.165) is 11.1 Å². The van der Waals surface area contributed by atoms with Gasteiger partial charge >= 0.3 is 0 Å². The molecule has 0 aliphatic heterocycles. The molecule has 0 fully saturated rings. The van der Waals surface area contributed by atoms with Crippen LogP contribution in [-0.2, 0) is 0 Å². The van der Waals surface area contributed by atoms with Crippen LogP contribution in [0.2, 0.25) is 0 Å². The van der Waals surface area contributed by atoms with E-state index in [-0.39, 0.29) is 0 Å². The summed E-state index contributed by atoms with van der Waals surface area (Å²) in [4.78, 5) is 0. The molecule has 5 nitrogen and oxygen atoms in total. The van der Waals surface area contributed by atoms with E-state index >= 15 is 0 Å². The predicted octanol–water partition coefficient (Wildman–Crippen LogP) is 1.98. The van der Waals surface area contributed by atoms with Crippen LogP contribution in [0, 0.1) is 0 Å². The molecule has 0 saturated heterocycles. The van der Waals surface area contributed by atoms with Crippen molar-refractivity contribution in [3.63, 3.8) is 0 Å². The number of nitrogens with one attached hydrogen (secondary N) is 2. The van der Waals surface area contributed by atoms with E-state index in [9.17, 15) is 10.2 Å². The highest BCUT2D eigenvalue weighted by Crippen LogP contribution is 2.25. The van der Waals surface area contributed by atoms with Crippen LogP contribution in [-0.4, -0.2) is 37.4 Å². The van der Waals surface area contributed by atoms with Gasteiger partial charge in [0.1, 0.15) is 11.5 Å². The van der Waals surface area contributed by atoms with Crippen LogP contribution >= 0.6 is 0 Å². The van der Waals surface area contributed by atoms with Gasteiger partial charge in [-0.2, -0.15) is 0 Å². The molecule has 2 unspecified atom stereocenters. The molecule has 0 aliphatic carbocycles. The van der Waals surface area contributed by atoms with Gasteiger partial charge in [0.2, 0.25) is 0 Å². The predicted molar refractivity (Wildman–Crippen MR) is 90.7 cm³/mol. The van der Waals surface area contributed by atoms with E-state index in [1.165, 1.54) is 0 Å². The lowest BCUT2D eigenvalue weighted by molar-refractivity contribution is 0.177. The summed E-state index contributed by atoms with van der Waals surface area (Å²) in [6, 6.07) is 14.7. The fourth-order valence-corrected chi connectivity index (χ4v) is 2.27. The summed E-state index contributed by atoms with van der Waals surface area (Å²) in [6.07, 6.45) is -1.05. The Bertz CT molecular complexity index is 531. The molecule has 23 heavy (non-hydrogen) atoms. The average molecular weight is 316 g/mol. The van der Waals surface area contributed by atoms with Crippen molar-refractivity contribution < 1.29 is 14.9 Å². The zero-order chi connectivity index (χ0) is 16.7. The van der Waals surface area contributed by atoms with Crippen LogP contribution in [0.25, 0.3) is 0 Å². The number of benzene rings is 2. The Balaban J connectivity index is 1.99. The van der Waals surface area contributed by atoms with Gasteiger partial charge in [0, 0.05) is 13.1 Å². The van der Waals surface area contributed by atoms with Crippen molar-refractivity contribution >= 4 is 0 Å². The molecular formula is C18H24N2O3. The number of rotatable bonds is 8.